The SMILES string of the molecule is CC(C)(CC(N)C(=O)O)C(=O)C1C=CC=CC1(NCc1cn(C(c2ccccc2)(c2ccccc2)c2ccccc2)cn1)c1ccccc1. The molecule has 3 atom stereocenters. The summed E-state index contributed by atoms with van der Waals surface area (Å²) in [5, 5.41) is 13.3. The van der Waals surface area contributed by atoms with Crippen LogP contribution in [-0.2, 0) is 27.2 Å². The number of hydrogen-bond donors (Lipinski definition) is 3. The van der Waals surface area contributed by atoms with Gasteiger partial charge in [0.2, 0.25) is 0 Å². The number of aromatic nitrogens is 2. The molecule has 0 fully saturated rings. The van der Waals surface area contributed by atoms with Crippen molar-refractivity contribution in [1.82, 2.24) is 14.9 Å². The molecule has 7 heteroatoms. The lowest BCUT2D eigenvalue weighted by Gasteiger charge is -2.42. The maximum absolute atomic E-state index is 14.4. The van der Waals surface area contributed by atoms with E-state index in [1.165, 1.54) is 0 Å². The zero-order valence-electron chi connectivity index (χ0n) is 27.8. The third-order valence-electron chi connectivity index (χ3n) is 9.67. The Bertz CT molecular complexity index is 1840. The molecule has 1 aliphatic carbocycles. The molecule has 0 radical (unpaired) electrons. The Morgan fingerprint density at radius 1 is 0.837 bits per heavy atom. The molecule has 6 rings (SSSR count). The lowest BCUT2D eigenvalue weighted by atomic mass is 9.66. The fraction of sp³-hybridized carbons (Fsp3) is 0.214. The highest BCUT2D eigenvalue weighted by atomic mass is 16.4. The fourth-order valence-electron chi connectivity index (χ4n) is 7.21. The molecule has 0 aliphatic heterocycles. The number of benzene rings is 4. The van der Waals surface area contributed by atoms with Gasteiger partial charge in [0.25, 0.3) is 0 Å². The Morgan fingerprint density at radius 3 is 1.86 bits per heavy atom. The van der Waals surface area contributed by atoms with E-state index in [0.29, 0.717) is 6.54 Å². The molecule has 0 amide bonds. The second-order valence-corrected chi connectivity index (χ2v) is 13.3. The summed E-state index contributed by atoms with van der Waals surface area (Å²) >= 11 is 0. The van der Waals surface area contributed by atoms with Crippen LogP contribution in [0.5, 0.6) is 0 Å². The second-order valence-electron chi connectivity index (χ2n) is 13.3. The predicted molar refractivity (Wildman–Crippen MR) is 193 cm³/mol. The quantitative estimate of drug-likeness (QED) is 0.120. The van der Waals surface area contributed by atoms with Crippen molar-refractivity contribution >= 4 is 11.8 Å². The molecule has 4 aromatic carbocycles. The largest absolute Gasteiger partial charge is 0.480 e. The maximum Gasteiger partial charge on any atom is 0.320 e. The molecule has 0 saturated heterocycles. The smallest absolute Gasteiger partial charge is 0.320 e. The Hall–Kier alpha value is -5.37. The molecule has 1 aliphatic rings. The molecule has 248 valence electrons. The van der Waals surface area contributed by atoms with Crippen LogP contribution < -0.4 is 11.1 Å². The minimum absolute atomic E-state index is 0.0189. The summed E-state index contributed by atoms with van der Waals surface area (Å²) in [5.41, 5.74) is 8.31. The third-order valence-corrected chi connectivity index (χ3v) is 9.67. The Balaban J connectivity index is 1.41. The summed E-state index contributed by atoms with van der Waals surface area (Å²) in [7, 11) is 0. The number of carbonyl (C=O) groups excluding carboxylic acids is 1. The number of Topliss-reactive ketones (excluding diaryl/α,β-unsaturated/α-hetero) is 1. The first kappa shape index (κ1) is 33.5. The van der Waals surface area contributed by atoms with E-state index in [4.69, 9.17) is 10.7 Å². The number of rotatable bonds is 13. The van der Waals surface area contributed by atoms with Crippen molar-refractivity contribution < 1.29 is 14.7 Å². The Kier molecular flexibility index (Phi) is 9.58. The zero-order chi connectivity index (χ0) is 34.5. The molecule has 7 nitrogen and oxygen atoms in total. The van der Waals surface area contributed by atoms with E-state index >= 15 is 0 Å². The maximum atomic E-state index is 14.4. The third kappa shape index (κ3) is 6.43. The summed E-state index contributed by atoms with van der Waals surface area (Å²) in [6, 6.07) is 40.1. The number of aliphatic carboxylic acids is 1. The highest BCUT2D eigenvalue weighted by molar-refractivity contribution is 5.90. The van der Waals surface area contributed by atoms with E-state index in [1.807, 2.05) is 79.2 Å². The molecular formula is C42H42N4O3. The average Bonchev–Trinajstić information content (AvgIpc) is 3.61. The molecule has 1 aromatic heterocycles. The summed E-state index contributed by atoms with van der Waals surface area (Å²) < 4.78 is 2.18. The van der Waals surface area contributed by atoms with Gasteiger partial charge in [-0.05, 0) is 28.7 Å². The first-order chi connectivity index (χ1) is 23.7. The van der Waals surface area contributed by atoms with Gasteiger partial charge in [-0.3, -0.25) is 14.9 Å². The van der Waals surface area contributed by atoms with E-state index in [0.717, 1.165) is 27.9 Å². The number of imidazole rings is 1. The summed E-state index contributed by atoms with van der Waals surface area (Å²) in [6.45, 7) is 3.91. The van der Waals surface area contributed by atoms with Crippen molar-refractivity contribution in [3.05, 3.63) is 186 Å². The summed E-state index contributed by atoms with van der Waals surface area (Å²) in [4.78, 5) is 31.0. The van der Waals surface area contributed by atoms with Crippen LogP contribution in [-0.4, -0.2) is 32.5 Å². The van der Waals surface area contributed by atoms with E-state index in [1.54, 1.807) is 13.8 Å². The van der Waals surface area contributed by atoms with Crippen LogP contribution in [0.2, 0.25) is 0 Å². The van der Waals surface area contributed by atoms with Gasteiger partial charge in [0.05, 0.1) is 23.5 Å². The highest BCUT2D eigenvalue weighted by Gasteiger charge is 2.47. The first-order valence-electron chi connectivity index (χ1n) is 16.6. The van der Waals surface area contributed by atoms with Crippen molar-refractivity contribution in [3.63, 3.8) is 0 Å². The number of allylic oxidation sites excluding steroid dienone is 2. The number of carbonyl (C=O) groups is 2. The summed E-state index contributed by atoms with van der Waals surface area (Å²) in [6.07, 6.45) is 11.7. The van der Waals surface area contributed by atoms with Crippen molar-refractivity contribution in [3.8, 4) is 0 Å². The molecule has 5 aromatic rings. The number of carboxylic acid groups (broad SMARTS) is 1. The minimum Gasteiger partial charge on any atom is -0.480 e. The van der Waals surface area contributed by atoms with Gasteiger partial charge in [-0.2, -0.15) is 0 Å². The predicted octanol–water partition coefficient (Wildman–Crippen LogP) is 6.85. The van der Waals surface area contributed by atoms with Crippen LogP contribution in [0, 0.1) is 11.3 Å². The number of ketones is 1. The van der Waals surface area contributed by atoms with Gasteiger partial charge >= 0.3 is 5.97 Å². The standard InChI is InChI=1S/C42H42N4O3/c1-40(2,27-37(43)39(48)49)38(47)36-25-15-16-26-41(36,31-17-7-3-8-18-31)45-28-35-29-46(30-44-35)42(32-19-9-4-10-20-32,33-21-11-5-12-22-33)34-23-13-6-14-24-34/h3-26,29-30,36-37,45H,27-28,43H2,1-2H3,(H,48,49). The average molecular weight is 651 g/mol. The van der Waals surface area contributed by atoms with Crippen LogP contribution in [0.3, 0.4) is 0 Å². The zero-order valence-corrected chi connectivity index (χ0v) is 27.8. The van der Waals surface area contributed by atoms with Crippen LogP contribution in [0.1, 0.15) is 48.2 Å². The molecule has 0 saturated carbocycles. The Morgan fingerprint density at radius 2 is 1.35 bits per heavy atom. The van der Waals surface area contributed by atoms with Gasteiger partial charge in [-0.25, -0.2) is 4.98 Å². The van der Waals surface area contributed by atoms with Gasteiger partial charge in [0.1, 0.15) is 17.4 Å². The van der Waals surface area contributed by atoms with Crippen molar-refractivity contribution in [2.45, 2.75) is 43.9 Å². The van der Waals surface area contributed by atoms with Gasteiger partial charge in [0, 0.05) is 18.2 Å². The van der Waals surface area contributed by atoms with Crippen LogP contribution in [0.25, 0.3) is 0 Å². The summed E-state index contributed by atoms with van der Waals surface area (Å²) in [5.74, 6) is -1.85. The van der Waals surface area contributed by atoms with Crippen molar-refractivity contribution in [2.75, 3.05) is 0 Å². The second kappa shape index (κ2) is 14.0. The monoisotopic (exact) mass is 650 g/mol. The number of nitrogens with two attached hydrogens (primary N) is 1. The Labute approximate surface area is 287 Å². The minimum atomic E-state index is -1.15. The van der Waals surface area contributed by atoms with E-state index in [2.05, 4.69) is 88.9 Å². The van der Waals surface area contributed by atoms with Gasteiger partial charge in [-0.15, -0.1) is 0 Å². The van der Waals surface area contributed by atoms with Gasteiger partial charge in [0.15, 0.2) is 0 Å². The van der Waals surface area contributed by atoms with Crippen LogP contribution >= 0.6 is 0 Å². The highest BCUT2D eigenvalue weighted by Crippen LogP contribution is 2.43. The number of carboxylic acids is 1. The van der Waals surface area contributed by atoms with Crippen molar-refractivity contribution in [2.24, 2.45) is 17.1 Å². The number of hydrogen-bond acceptors (Lipinski definition) is 5. The molecule has 3 unspecified atom stereocenters. The first-order valence-corrected chi connectivity index (χ1v) is 16.6. The molecule has 1 heterocycles. The molecule has 49 heavy (non-hydrogen) atoms. The van der Waals surface area contributed by atoms with Gasteiger partial charge < -0.3 is 15.4 Å². The van der Waals surface area contributed by atoms with E-state index in [9.17, 15) is 14.7 Å². The van der Waals surface area contributed by atoms with Crippen LogP contribution in [0.15, 0.2) is 158 Å². The molecule has 4 N–H and O–H groups in total. The normalized spacial score (nSPS) is 18.2. The number of nitrogens with one attached hydrogen (secondary N) is 1. The molecule has 0 spiro atoms. The van der Waals surface area contributed by atoms with Crippen molar-refractivity contribution in [1.29, 1.82) is 0 Å². The van der Waals surface area contributed by atoms with E-state index < -0.39 is 34.4 Å². The number of nitrogens with zero attached hydrogens (tertiary/aromatic N) is 2. The molecule has 0 bridgehead atoms. The fourth-order valence-corrected chi connectivity index (χ4v) is 7.21. The lowest BCUT2D eigenvalue weighted by Crippen LogP contribution is -2.53. The lowest BCUT2D eigenvalue weighted by molar-refractivity contribution is -0.140. The van der Waals surface area contributed by atoms with E-state index in [-0.39, 0.29) is 12.2 Å². The van der Waals surface area contributed by atoms with Gasteiger partial charge in [-0.1, -0.05) is 159 Å². The topological polar surface area (TPSA) is 110 Å². The molecular weight excluding hydrogens is 608 g/mol. The van der Waals surface area contributed by atoms with Crippen LogP contribution in [0.4, 0.5) is 0 Å².